The minimum Gasteiger partial charge on any atom is -0.438 e. The molecule has 0 unspecified atom stereocenters. The Kier molecular flexibility index (Phi) is 5.87. The van der Waals surface area contributed by atoms with Gasteiger partial charge in [0.15, 0.2) is 0 Å². The Bertz CT molecular complexity index is 1010. The molecule has 3 rings (SSSR count). The molecule has 0 bridgehead atoms. The lowest BCUT2D eigenvalue weighted by atomic mass is 10.2. The summed E-state index contributed by atoms with van der Waals surface area (Å²) in [5.74, 6) is 0.692. The second-order valence-corrected chi connectivity index (χ2v) is 6.29. The maximum Gasteiger partial charge on any atom is 0.243 e. The molecule has 140 valence electrons. The van der Waals surface area contributed by atoms with Crippen molar-refractivity contribution < 1.29 is 9.53 Å². The summed E-state index contributed by atoms with van der Waals surface area (Å²) in [5.41, 5.74) is 2.89. The number of likely N-dealkylation sites (N-methyl/N-ethyl adjacent to an activating group) is 1. The third kappa shape index (κ3) is 4.65. The van der Waals surface area contributed by atoms with Gasteiger partial charge in [-0.15, -0.1) is 0 Å². The first-order valence-corrected chi connectivity index (χ1v) is 8.76. The highest BCUT2D eigenvalue weighted by Gasteiger charge is 2.11. The lowest BCUT2D eigenvalue weighted by Gasteiger charge is -2.19. The number of nitrogens with one attached hydrogen (secondary N) is 1. The first-order chi connectivity index (χ1) is 13.6. The summed E-state index contributed by atoms with van der Waals surface area (Å²) in [7, 11) is 1.87. The van der Waals surface area contributed by atoms with Gasteiger partial charge in [-0.05, 0) is 55.0 Å². The molecule has 28 heavy (non-hydrogen) atoms. The molecule has 1 amide bonds. The molecule has 0 saturated carbocycles. The molecule has 2 aromatic carbocycles. The molecule has 0 radical (unpaired) electrons. The van der Waals surface area contributed by atoms with Gasteiger partial charge < -0.3 is 15.0 Å². The van der Waals surface area contributed by atoms with Crippen LogP contribution in [0.3, 0.4) is 0 Å². The second kappa shape index (κ2) is 8.69. The van der Waals surface area contributed by atoms with E-state index in [0.717, 1.165) is 11.3 Å². The van der Waals surface area contributed by atoms with Gasteiger partial charge in [-0.1, -0.05) is 18.2 Å². The number of pyridine rings is 1. The fourth-order valence-electron chi connectivity index (χ4n) is 2.69. The predicted molar refractivity (Wildman–Crippen MR) is 109 cm³/mol. The standard InChI is InChI=1S/C22H20N4O2/c1-16-13-19(28-22-17(14-23)7-6-12-24-22)10-11-20(16)25-21(27)15-26(2)18-8-4-3-5-9-18/h3-13H,15H2,1-2H3,(H,25,27). The molecule has 6 heteroatoms. The van der Waals surface area contributed by atoms with Crippen LogP contribution < -0.4 is 15.0 Å². The molecule has 1 N–H and O–H groups in total. The summed E-state index contributed by atoms with van der Waals surface area (Å²) in [6.45, 7) is 2.12. The number of rotatable bonds is 6. The average Bonchev–Trinajstić information content (AvgIpc) is 2.71. The zero-order valence-electron chi connectivity index (χ0n) is 15.7. The summed E-state index contributed by atoms with van der Waals surface area (Å²) in [6.07, 6.45) is 1.57. The van der Waals surface area contributed by atoms with E-state index in [0.29, 0.717) is 17.0 Å². The maximum absolute atomic E-state index is 12.4. The number of aryl methyl sites for hydroxylation is 1. The van der Waals surface area contributed by atoms with Crippen molar-refractivity contribution >= 4 is 17.3 Å². The SMILES string of the molecule is Cc1cc(Oc2ncccc2C#N)ccc1NC(=O)CN(C)c1ccccc1. The number of anilines is 2. The monoisotopic (exact) mass is 372 g/mol. The molecule has 0 aliphatic heterocycles. The number of ether oxygens (including phenoxy) is 1. The van der Waals surface area contributed by atoms with Crippen molar-refractivity contribution in [3.63, 3.8) is 0 Å². The zero-order valence-corrected chi connectivity index (χ0v) is 15.7. The summed E-state index contributed by atoms with van der Waals surface area (Å²) in [5, 5.41) is 12.0. The number of para-hydroxylation sites is 1. The first kappa shape index (κ1) is 18.9. The normalized spacial score (nSPS) is 10.0. The third-order valence-electron chi connectivity index (χ3n) is 4.16. The van der Waals surface area contributed by atoms with E-state index in [4.69, 9.17) is 10.00 Å². The highest BCUT2D eigenvalue weighted by atomic mass is 16.5. The van der Waals surface area contributed by atoms with Crippen molar-refractivity contribution in [3.8, 4) is 17.7 Å². The summed E-state index contributed by atoms with van der Waals surface area (Å²) < 4.78 is 5.71. The van der Waals surface area contributed by atoms with Crippen LogP contribution in [0.25, 0.3) is 0 Å². The molecular formula is C22H20N4O2. The van der Waals surface area contributed by atoms with Crippen LogP contribution in [0.1, 0.15) is 11.1 Å². The van der Waals surface area contributed by atoms with Crippen LogP contribution in [-0.4, -0.2) is 24.5 Å². The quantitative estimate of drug-likeness (QED) is 0.704. The van der Waals surface area contributed by atoms with E-state index in [2.05, 4.69) is 16.4 Å². The summed E-state index contributed by atoms with van der Waals surface area (Å²) >= 11 is 0. The highest BCUT2D eigenvalue weighted by molar-refractivity contribution is 5.94. The van der Waals surface area contributed by atoms with Gasteiger partial charge in [0.2, 0.25) is 11.8 Å². The van der Waals surface area contributed by atoms with Crippen LogP contribution in [0.4, 0.5) is 11.4 Å². The molecule has 1 aromatic heterocycles. The number of benzene rings is 2. The van der Waals surface area contributed by atoms with Crippen molar-refractivity contribution in [1.82, 2.24) is 4.98 Å². The number of aromatic nitrogens is 1. The number of carbonyl (C=O) groups is 1. The van der Waals surface area contributed by atoms with E-state index in [1.54, 1.807) is 36.5 Å². The number of hydrogen-bond donors (Lipinski definition) is 1. The maximum atomic E-state index is 12.4. The Morgan fingerprint density at radius 2 is 1.96 bits per heavy atom. The summed E-state index contributed by atoms with van der Waals surface area (Å²) in [6, 6.07) is 20.4. The van der Waals surface area contributed by atoms with Crippen molar-refractivity contribution in [2.24, 2.45) is 0 Å². The average molecular weight is 372 g/mol. The molecular weight excluding hydrogens is 352 g/mol. The van der Waals surface area contributed by atoms with Crippen LogP contribution >= 0.6 is 0 Å². The van der Waals surface area contributed by atoms with E-state index in [1.807, 2.05) is 49.2 Å². The third-order valence-corrected chi connectivity index (χ3v) is 4.16. The van der Waals surface area contributed by atoms with E-state index in [9.17, 15) is 4.79 Å². The molecule has 0 fully saturated rings. The zero-order chi connectivity index (χ0) is 19.9. The van der Waals surface area contributed by atoms with E-state index in [-0.39, 0.29) is 18.3 Å². The van der Waals surface area contributed by atoms with Gasteiger partial charge in [-0.25, -0.2) is 4.98 Å². The number of nitriles is 1. The fraction of sp³-hybridized carbons (Fsp3) is 0.136. The highest BCUT2D eigenvalue weighted by Crippen LogP contribution is 2.26. The molecule has 0 aliphatic rings. The topological polar surface area (TPSA) is 78.2 Å². The van der Waals surface area contributed by atoms with Crippen LogP contribution in [0.5, 0.6) is 11.6 Å². The Hall–Kier alpha value is -3.85. The number of nitrogens with zero attached hydrogens (tertiary/aromatic N) is 3. The Balaban J connectivity index is 1.66. The molecule has 6 nitrogen and oxygen atoms in total. The molecule has 0 aliphatic carbocycles. The van der Waals surface area contributed by atoms with Crippen molar-refractivity contribution in [1.29, 1.82) is 5.26 Å². The number of carbonyl (C=O) groups excluding carboxylic acids is 1. The van der Waals surface area contributed by atoms with Crippen LogP contribution in [0.15, 0.2) is 66.9 Å². The minimum atomic E-state index is -0.111. The van der Waals surface area contributed by atoms with Gasteiger partial charge in [0.25, 0.3) is 0 Å². The lowest BCUT2D eigenvalue weighted by molar-refractivity contribution is -0.114. The van der Waals surface area contributed by atoms with Crippen LogP contribution in [0.2, 0.25) is 0 Å². The van der Waals surface area contributed by atoms with Crippen LogP contribution in [0, 0.1) is 18.3 Å². The smallest absolute Gasteiger partial charge is 0.243 e. The van der Waals surface area contributed by atoms with Crippen molar-refractivity contribution in [2.45, 2.75) is 6.92 Å². The summed E-state index contributed by atoms with van der Waals surface area (Å²) in [4.78, 5) is 18.3. The largest absolute Gasteiger partial charge is 0.438 e. The van der Waals surface area contributed by atoms with Gasteiger partial charge in [0.05, 0.1) is 6.54 Å². The second-order valence-electron chi connectivity index (χ2n) is 6.29. The minimum absolute atomic E-state index is 0.111. The lowest BCUT2D eigenvalue weighted by Crippen LogP contribution is -2.30. The molecule has 0 spiro atoms. The first-order valence-electron chi connectivity index (χ1n) is 8.76. The van der Waals surface area contributed by atoms with E-state index in [1.165, 1.54) is 0 Å². The van der Waals surface area contributed by atoms with Gasteiger partial charge in [0, 0.05) is 24.6 Å². The van der Waals surface area contributed by atoms with Crippen LogP contribution in [-0.2, 0) is 4.79 Å². The van der Waals surface area contributed by atoms with E-state index >= 15 is 0 Å². The van der Waals surface area contributed by atoms with Gasteiger partial charge >= 0.3 is 0 Å². The molecule has 0 atom stereocenters. The van der Waals surface area contributed by atoms with Crippen molar-refractivity contribution in [3.05, 3.63) is 78.0 Å². The molecule has 0 saturated heterocycles. The Morgan fingerprint density at radius 1 is 1.18 bits per heavy atom. The van der Waals surface area contributed by atoms with Gasteiger partial charge in [-0.3, -0.25) is 4.79 Å². The van der Waals surface area contributed by atoms with Crippen molar-refractivity contribution in [2.75, 3.05) is 23.8 Å². The van der Waals surface area contributed by atoms with Gasteiger partial charge in [-0.2, -0.15) is 5.26 Å². The van der Waals surface area contributed by atoms with Gasteiger partial charge in [0.1, 0.15) is 17.4 Å². The molecule has 1 heterocycles. The Morgan fingerprint density at radius 3 is 2.68 bits per heavy atom. The number of hydrogen-bond acceptors (Lipinski definition) is 5. The predicted octanol–water partition coefficient (Wildman–Crippen LogP) is 4.13. The Labute approximate surface area is 164 Å². The molecule has 3 aromatic rings. The fourth-order valence-corrected chi connectivity index (χ4v) is 2.69. The number of amides is 1. The van der Waals surface area contributed by atoms with E-state index < -0.39 is 0 Å².